The van der Waals surface area contributed by atoms with E-state index in [1.54, 1.807) is 45.3 Å². The van der Waals surface area contributed by atoms with Crippen molar-refractivity contribution in [1.82, 2.24) is 39.0 Å². The summed E-state index contributed by atoms with van der Waals surface area (Å²) in [4.78, 5) is 30.0. The lowest BCUT2D eigenvalue weighted by molar-refractivity contribution is 0.265. The van der Waals surface area contributed by atoms with Gasteiger partial charge in [0.1, 0.15) is 24.7 Å². The number of hydrogen-bond donors (Lipinski definition) is 2. The number of fused-ring (bicyclic) bond motifs is 2. The number of nitrogens with two attached hydrogens (primary N) is 1. The number of hydrogen-bond acceptors (Lipinski definition) is 14. The minimum Gasteiger partial charge on any atom is -0.494 e. The van der Waals surface area contributed by atoms with E-state index in [9.17, 15) is 0 Å². The molecule has 65 heavy (non-hydrogen) atoms. The van der Waals surface area contributed by atoms with E-state index in [4.69, 9.17) is 41.3 Å². The summed E-state index contributed by atoms with van der Waals surface area (Å²) in [6.07, 6.45) is 10.7. The molecule has 0 amide bonds. The van der Waals surface area contributed by atoms with Crippen LogP contribution in [-0.2, 0) is 0 Å². The van der Waals surface area contributed by atoms with Gasteiger partial charge in [-0.1, -0.05) is 60.7 Å². The molecule has 4 aromatic carbocycles. The van der Waals surface area contributed by atoms with E-state index in [2.05, 4.69) is 64.3 Å². The summed E-state index contributed by atoms with van der Waals surface area (Å²) in [5, 5.41) is 3.51. The number of rotatable bonds is 8. The monoisotopic (exact) mass is 892 g/mol. The number of methoxy groups -OCH3 is 2. The minimum atomic E-state index is 0.0875. The highest BCUT2D eigenvalue weighted by Crippen LogP contribution is 2.39. The molecule has 17 heteroatoms. The SMILES string of the molecule is CN1c2nc(Cl)ncc2OC[C@H]1c1ccccc1.COc1cc(N)ccc1-n1cnc(C)c1.COc1cc(Nc2ncc3c(n2)N(C)[C@H](c2ccccc2)CO3)ccc1-n1cnc(C)c1. The number of nitrogens with one attached hydrogen (secondary N) is 1. The van der Waals surface area contributed by atoms with E-state index in [1.165, 1.54) is 11.1 Å². The molecule has 2 aliphatic heterocycles. The molecule has 8 aromatic rings. The Morgan fingerprint density at radius 1 is 0.646 bits per heavy atom. The van der Waals surface area contributed by atoms with Crippen molar-refractivity contribution in [2.75, 3.05) is 62.4 Å². The molecule has 4 aromatic heterocycles. The largest absolute Gasteiger partial charge is 0.494 e. The fourth-order valence-electron chi connectivity index (χ4n) is 7.43. The zero-order valence-electron chi connectivity index (χ0n) is 36.8. The van der Waals surface area contributed by atoms with Crippen LogP contribution in [0.25, 0.3) is 11.4 Å². The van der Waals surface area contributed by atoms with Gasteiger partial charge < -0.3 is 48.9 Å². The normalized spacial score (nSPS) is 14.8. The lowest BCUT2D eigenvalue weighted by Crippen LogP contribution is -2.34. The van der Waals surface area contributed by atoms with Gasteiger partial charge in [-0.15, -0.1) is 0 Å². The summed E-state index contributed by atoms with van der Waals surface area (Å²) in [6.45, 7) is 5.03. The van der Waals surface area contributed by atoms with Crippen LogP contribution in [0, 0.1) is 13.8 Å². The highest BCUT2D eigenvalue weighted by Gasteiger charge is 2.29. The van der Waals surface area contributed by atoms with Crippen LogP contribution in [0.15, 0.2) is 135 Å². The van der Waals surface area contributed by atoms with Crippen LogP contribution in [0.4, 0.5) is 29.0 Å². The molecule has 2 aliphatic rings. The number of imidazole rings is 2. The first-order valence-corrected chi connectivity index (χ1v) is 21.1. The van der Waals surface area contributed by atoms with Crippen molar-refractivity contribution in [3.05, 3.63) is 162 Å². The molecule has 0 unspecified atom stereocenters. The van der Waals surface area contributed by atoms with Crippen molar-refractivity contribution in [3.8, 4) is 34.4 Å². The van der Waals surface area contributed by atoms with Crippen molar-refractivity contribution in [3.63, 3.8) is 0 Å². The number of likely N-dealkylation sites (N-methyl/N-ethyl adjacent to an activating group) is 2. The highest BCUT2D eigenvalue weighted by molar-refractivity contribution is 6.28. The number of ether oxygens (including phenoxy) is 4. The Morgan fingerprint density at radius 2 is 1.15 bits per heavy atom. The molecule has 3 N–H and O–H groups in total. The topological polar surface area (TPSA) is 169 Å². The Morgan fingerprint density at radius 3 is 1.68 bits per heavy atom. The van der Waals surface area contributed by atoms with Gasteiger partial charge in [0, 0.05) is 50.0 Å². The molecule has 0 bridgehead atoms. The van der Waals surface area contributed by atoms with Crippen molar-refractivity contribution in [1.29, 1.82) is 0 Å². The Labute approximate surface area is 382 Å². The second-order valence-electron chi connectivity index (χ2n) is 15.2. The van der Waals surface area contributed by atoms with Gasteiger partial charge in [-0.3, -0.25) is 0 Å². The van der Waals surface area contributed by atoms with E-state index < -0.39 is 0 Å². The third-order valence-corrected chi connectivity index (χ3v) is 11.0. The van der Waals surface area contributed by atoms with Gasteiger partial charge in [0.2, 0.25) is 11.2 Å². The van der Waals surface area contributed by atoms with Crippen LogP contribution in [0.5, 0.6) is 23.0 Å². The van der Waals surface area contributed by atoms with Gasteiger partial charge in [0.25, 0.3) is 0 Å². The van der Waals surface area contributed by atoms with Gasteiger partial charge in [-0.25, -0.2) is 19.9 Å². The Bertz CT molecular complexity index is 2860. The second-order valence-corrected chi connectivity index (χ2v) is 15.5. The molecule has 0 saturated heterocycles. The maximum Gasteiger partial charge on any atom is 0.229 e. The highest BCUT2D eigenvalue weighted by atomic mass is 35.5. The van der Waals surface area contributed by atoms with Crippen molar-refractivity contribution in [2.24, 2.45) is 0 Å². The number of halogens is 1. The average Bonchev–Trinajstić information content (AvgIpc) is 3.98. The predicted octanol–water partition coefficient (Wildman–Crippen LogP) is 8.76. The first kappa shape index (κ1) is 43.8. The van der Waals surface area contributed by atoms with E-state index in [-0.39, 0.29) is 17.4 Å². The number of benzene rings is 4. The van der Waals surface area contributed by atoms with Gasteiger partial charge in [0.05, 0.1) is 74.1 Å². The lowest BCUT2D eigenvalue weighted by atomic mass is 10.1. The fraction of sp³-hybridized carbons (Fsp3) is 0.208. The molecule has 0 saturated carbocycles. The zero-order chi connectivity index (χ0) is 45.5. The molecule has 10 rings (SSSR count). The van der Waals surface area contributed by atoms with Gasteiger partial charge >= 0.3 is 0 Å². The summed E-state index contributed by atoms with van der Waals surface area (Å²) in [7, 11) is 7.29. The van der Waals surface area contributed by atoms with Gasteiger partial charge in [0.15, 0.2) is 23.1 Å². The maximum atomic E-state index is 5.95. The van der Waals surface area contributed by atoms with E-state index >= 15 is 0 Å². The number of aryl methyl sites for hydroxylation is 2. The number of aromatic nitrogens is 8. The lowest BCUT2D eigenvalue weighted by Gasteiger charge is -2.34. The number of nitrogens with zero attached hydrogens (tertiary/aromatic N) is 10. The molecule has 6 heterocycles. The van der Waals surface area contributed by atoms with Crippen LogP contribution in [-0.4, -0.2) is 80.6 Å². The standard InChI is InChI=1S/C24H24N6O2.C13H12ClN3O.C11H13N3O/c1-16-13-30(15-26-16)19-10-9-18(11-21(19)31-3)27-24-25-12-22-23(28-24)29(2)20(14-32-22)17-7-5-4-6-8-17;1-17-10(9-5-3-2-4-6-9)8-18-11-7-15-13(14)16-12(11)17;1-8-6-14(7-13-8)10-4-3-9(12)5-11(10)15-2/h4-13,15,20H,14H2,1-3H3,(H,25,27,28);2-7,10H,8H2,1H3;3-7H,12H2,1-2H3/t20-;10-;/m00./s1. The van der Waals surface area contributed by atoms with Crippen LogP contribution in [0.3, 0.4) is 0 Å². The molecule has 0 radical (unpaired) electrons. The minimum absolute atomic E-state index is 0.0875. The molecule has 332 valence electrons. The maximum absolute atomic E-state index is 5.95. The van der Waals surface area contributed by atoms with Crippen molar-refractivity contribution in [2.45, 2.75) is 25.9 Å². The summed E-state index contributed by atoms with van der Waals surface area (Å²) < 4.78 is 26.3. The van der Waals surface area contributed by atoms with Crippen molar-refractivity contribution >= 4 is 40.6 Å². The fourth-order valence-corrected chi connectivity index (χ4v) is 7.56. The van der Waals surface area contributed by atoms with E-state index in [0.717, 1.165) is 51.6 Å². The third-order valence-electron chi connectivity index (χ3n) is 10.8. The first-order chi connectivity index (χ1) is 31.6. The van der Waals surface area contributed by atoms with Gasteiger partial charge in [-0.2, -0.15) is 9.97 Å². The van der Waals surface area contributed by atoms with Crippen LogP contribution in [0.1, 0.15) is 34.6 Å². The summed E-state index contributed by atoms with van der Waals surface area (Å²) >= 11 is 5.83. The number of anilines is 5. The molecule has 16 nitrogen and oxygen atoms in total. The zero-order valence-corrected chi connectivity index (χ0v) is 37.6. The molecule has 0 spiro atoms. The number of nitrogen functional groups attached to an aromatic ring is 1. The molecular weight excluding hydrogens is 844 g/mol. The van der Waals surface area contributed by atoms with Gasteiger partial charge in [-0.05, 0) is 60.8 Å². The summed E-state index contributed by atoms with van der Waals surface area (Å²) in [6, 6.07) is 32.1. The average molecular weight is 893 g/mol. The molecule has 2 atom stereocenters. The van der Waals surface area contributed by atoms with Crippen LogP contribution < -0.4 is 39.8 Å². The Balaban J connectivity index is 0.000000147. The molecule has 0 aliphatic carbocycles. The van der Waals surface area contributed by atoms with Crippen molar-refractivity contribution < 1.29 is 18.9 Å². The van der Waals surface area contributed by atoms with E-state index in [1.807, 2.05) is 116 Å². The predicted molar refractivity (Wildman–Crippen MR) is 253 cm³/mol. The van der Waals surface area contributed by atoms with Crippen LogP contribution >= 0.6 is 11.6 Å². The molecular formula is C48H49ClN12O4. The summed E-state index contributed by atoms with van der Waals surface area (Å²) in [5.74, 6) is 4.78. The third kappa shape index (κ3) is 10.0. The Kier molecular flexibility index (Phi) is 13.3. The second kappa shape index (κ2) is 19.7. The Hall–Kier alpha value is -7.85. The molecule has 0 fully saturated rings. The smallest absolute Gasteiger partial charge is 0.229 e. The summed E-state index contributed by atoms with van der Waals surface area (Å²) in [5.41, 5.74) is 13.3. The van der Waals surface area contributed by atoms with Crippen LogP contribution in [0.2, 0.25) is 5.28 Å². The van der Waals surface area contributed by atoms with E-state index in [0.29, 0.717) is 36.3 Å². The quantitative estimate of drug-likeness (QED) is 0.110. The first-order valence-electron chi connectivity index (χ1n) is 20.7.